The van der Waals surface area contributed by atoms with Crippen molar-refractivity contribution in [2.75, 3.05) is 13.2 Å². The molecule has 14 heteroatoms. The molecule has 0 aliphatic heterocycles. The highest BCUT2D eigenvalue weighted by molar-refractivity contribution is 5.94. The summed E-state index contributed by atoms with van der Waals surface area (Å²) in [5, 5.41) is 36.0. The van der Waals surface area contributed by atoms with Gasteiger partial charge < -0.3 is 48.5 Å². The molecule has 41 heavy (non-hydrogen) atoms. The molecule has 0 aliphatic carbocycles. The van der Waals surface area contributed by atoms with E-state index in [2.05, 4.69) is 20.9 Å². The van der Waals surface area contributed by atoms with Gasteiger partial charge in [0.15, 0.2) is 5.96 Å². The number of nitrogens with two attached hydrogens (primary N) is 3. The molecule has 0 saturated carbocycles. The molecular formula is C27H37N7O7. The summed E-state index contributed by atoms with van der Waals surface area (Å²) in [6.07, 6.45) is 0.427. The Morgan fingerprint density at radius 3 is 1.93 bits per heavy atom. The Hall–Kier alpha value is -4.69. The number of hydrogen-bond donors (Lipinski definition) is 9. The lowest BCUT2D eigenvalue weighted by molar-refractivity contribution is -0.142. The first kappa shape index (κ1) is 32.5. The maximum absolute atomic E-state index is 13.2. The molecule has 0 spiro atoms. The molecule has 2 rings (SSSR count). The van der Waals surface area contributed by atoms with E-state index < -0.39 is 54.5 Å². The van der Waals surface area contributed by atoms with E-state index in [9.17, 15) is 34.5 Å². The second-order valence-corrected chi connectivity index (χ2v) is 9.32. The number of phenols is 1. The van der Waals surface area contributed by atoms with Crippen LogP contribution in [-0.4, -0.2) is 82.3 Å². The van der Waals surface area contributed by atoms with Gasteiger partial charge in [-0.05, 0) is 42.5 Å². The van der Waals surface area contributed by atoms with E-state index >= 15 is 0 Å². The van der Waals surface area contributed by atoms with Gasteiger partial charge in [0.25, 0.3) is 0 Å². The number of aliphatic hydroxyl groups excluding tert-OH is 1. The van der Waals surface area contributed by atoms with Crippen molar-refractivity contribution in [2.24, 2.45) is 22.2 Å². The Balaban J connectivity index is 2.10. The van der Waals surface area contributed by atoms with E-state index in [0.29, 0.717) is 11.1 Å². The van der Waals surface area contributed by atoms with Crippen LogP contribution in [0, 0.1) is 0 Å². The Morgan fingerprint density at radius 1 is 0.780 bits per heavy atom. The number of nitrogens with one attached hydrogen (secondary N) is 3. The molecule has 14 nitrogen and oxygen atoms in total. The quantitative estimate of drug-likeness (QED) is 0.0613. The molecule has 4 atom stereocenters. The number of carbonyl (C=O) groups excluding carboxylic acids is 3. The zero-order valence-electron chi connectivity index (χ0n) is 22.4. The number of carboxylic acid groups (broad SMARTS) is 1. The van der Waals surface area contributed by atoms with Crippen LogP contribution in [0.15, 0.2) is 59.6 Å². The highest BCUT2D eigenvalue weighted by atomic mass is 16.4. The van der Waals surface area contributed by atoms with Crippen molar-refractivity contribution in [1.29, 1.82) is 0 Å². The lowest BCUT2D eigenvalue weighted by atomic mass is 10.0. The second kappa shape index (κ2) is 16.4. The van der Waals surface area contributed by atoms with Crippen molar-refractivity contribution in [3.63, 3.8) is 0 Å². The number of rotatable bonds is 16. The number of aliphatic imine (C=N–C) groups is 1. The van der Waals surface area contributed by atoms with Crippen LogP contribution < -0.4 is 33.2 Å². The van der Waals surface area contributed by atoms with E-state index in [0.717, 1.165) is 0 Å². The zero-order chi connectivity index (χ0) is 30.4. The molecule has 222 valence electrons. The first-order chi connectivity index (χ1) is 19.5. The fourth-order valence-electron chi connectivity index (χ4n) is 3.82. The smallest absolute Gasteiger partial charge is 0.326 e. The van der Waals surface area contributed by atoms with E-state index in [1.54, 1.807) is 42.5 Å². The SMILES string of the molecule is NC(N)=NCCCC(NC(=O)C(CO)NC(=O)C(Cc1ccccc1)NC(=O)C(N)Cc1ccc(O)cc1)C(=O)O. The van der Waals surface area contributed by atoms with E-state index in [4.69, 9.17) is 17.2 Å². The van der Waals surface area contributed by atoms with Crippen molar-refractivity contribution in [3.05, 3.63) is 65.7 Å². The average Bonchev–Trinajstić information content (AvgIpc) is 2.94. The van der Waals surface area contributed by atoms with Gasteiger partial charge in [0.05, 0.1) is 12.6 Å². The standard InChI is InChI=1S/C27H37N7O7/c28-19(13-17-8-10-18(36)11-9-17)23(37)33-21(14-16-5-2-1-3-6-16)24(38)34-22(15-35)25(39)32-20(26(40)41)7-4-12-31-27(29)30/h1-3,5-6,8-11,19-22,35-36H,4,7,12-15,28H2,(H,32,39)(H,33,37)(H,34,38)(H,40,41)(H4,29,30,31). The maximum atomic E-state index is 13.2. The Morgan fingerprint density at radius 2 is 1.34 bits per heavy atom. The van der Waals surface area contributed by atoms with Gasteiger partial charge in [-0.15, -0.1) is 0 Å². The van der Waals surface area contributed by atoms with Crippen LogP contribution in [-0.2, 0) is 32.0 Å². The number of amides is 3. The molecule has 2 aromatic rings. The minimum atomic E-state index is -1.50. The molecule has 0 radical (unpaired) electrons. The summed E-state index contributed by atoms with van der Waals surface area (Å²) in [5.74, 6) is -3.75. The molecule has 0 heterocycles. The predicted octanol–water partition coefficient (Wildman–Crippen LogP) is -1.91. The fourth-order valence-corrected chi connectivity index (χ4v) is 3.82. The summed E-state index contributed by atoms with van der Waals surface area (Å²) >= 11 is 0. The molecule has 0 aliphatic rings. The number of carbonyl (C=O) groups is 4. The Labute approximate surface area is 237 Å². The molecule has 0 fully saturated rings. The normalized spacial score (nSPS) is 13.6. The lowest BCUT2D eigenvalue weighted by Gasteiger charge is -2.24. The average molecular weight is 572 g/mol. The number of aliphatic carboxylic acids is 1. The number of aromatic hydroxyl groups is 1. The van der Waals surface area contributed by atoms with Gasteiger partial charge in [0, 0.05) is 13.0 Å². The number of aliphatic hydroxyl groups is 1. The molecule has 12 N–H and O–H groups in total. The van der Waals surface area contributed by atoms with Crippen molar-refractivity contribution in [1.82, 2.24) is 16.0 Å². The molecule has 0 aromatic heterocycles. The van der Waals surface area contributed by atoms with Gasteiger partial charge in [0.1, 0.15) is 23.9 Å². The third-order valence-corrected chi connectivity index (χ3v) is 6.02. The van der Waals surface area contributed by atoms with Gasteiger partial charge in [-0.2, -0.15) is 0 Å². The number of nitrogens with zero attached hydrogens (tertiary/aromatic N) is 1. The van der Waals surface area contributed by atoms with Crippen molar-refractivity contribution in [2.45, 2.75) is 49.9 Å². The van der Waals surface area contributed by atoms with Gasteiger partial charge in [-0.3, -0.25) is 19.4 Å². The third kappa shape index (κ3) is 11.5. The van der Waals surface area contributed by atoms with Crippen LogP contribution >= 0.6 is 0 Å². The largest absolute Gasteiger partial charge is 0.508 e. The molecule has 3 amide bonds. The number of carboxylic acids is 1. The topological polar surface area (TPSA) is 255 Å². The van der Waals surface area contributed by atoms with E-state index in [1.165, 1.54) is 12.1 Å². The highest BCUT2D eigenvalue weighted by Gasteiger charge is 2.30. The van der Waals surface area contributed by atoms with Crippen molar-refractivity contribution in [3.8, 4) is 5.75 Å². The maximum Gasteiger partial charge on any atom is 0.326 e. The monoisotopic (exact) mass is 571 g/mol. The predicted molar refractivity (Wildman–Crippen MR) is 150 cm³/mol. The zero-order valence-corrected chi connectivity index (χ0v) is 22.4. The summed E-state index contributed by atoms with van der Waals surface area (Å²) in [5.41, 5.74) is 18.0. The second-order valence-electron chi connectivity index (χ2n) is 9.32. The fraction of sp³-hybridized carbons (Fsp3) is 0.370. The van der Waals surface area contributed by atoms with E-state index in [1.807, 2.05) is 0 Å². The first-order valence-corrected chi connectivity index (χ1v) is 12.9. The Bertz CT molecular complexity index is 1190. The first-order valence-electron chi connectivity index (χ1n) is 12.9. The van der Waals surface area contributed by atoms with Crippen LogP contribution in [0.2, 0.25) is 0 Å². The molecular weight excluding hydrogens is 534 g/mol. The van der Waals surface area contributed by atoms with Crippen LogP contribution in [0.1, 0.15) is 24.0 Å². The molecule has 2 aromatic carbocycles. The van der Waals surface area contributed by atoms with E-state index in [-0.39, 0.29) is 43.9 Å². The minimum Gasteiger partial charge on any atom is -0.508 e. The molecule has 0 bridgehead atoms. The van der Waals surface area contributed by atoms with Gasteiger partial charge >= 0.3 is 5.97 Å². The van der Waals surface area contributed by atoms with Crippen LogP contribution in [0.4, 0.5) is 0 Å². The summed E-state index contributed by atoms with van der Waals surface area (Å²) in [6.45, 7) is -0.678. The highest BCUT2D eigenvalue weighted by Crippen LogP contribution is 2.11. The summed E-state index contributed by atoms with van der Waals surface area (Å²) in [4.78, 5) is 54.3. The van der Waals surface area contributed by atoms with Crippen molar-refractivity contribution >= 4 is 29.7 Å². The molecule has 4 unspecified atom stereocenters. The summed E-state index contributed by atoms with van der Waals surface area (Å²) in [7, 11) is 0. The number of benzene rings is 2. The van der Waals surface area contributed by atoms with Crippen LogP contribution in [0.25, 0.3) is 0 Å². The van der Waals surface area contributed by atoms with Gasteiger partial charge in [-0.1, -0.05) is 42.5 Å². The van der Waals surface area contributed by atoms with Gasteiger partial charge in [-0.25, -0.2) is 4.79 Å². The minimum absolute atomic E-state index is 0.00441. The lowest BCUT2D eigenvalue weighted by Crippen LogP contribution is -2.58. The third-order valence-electron chi connectivity index (χ3n) is 6.02. The molecule has 0 saturated heterocycles. The Kier molecular flexibility index (Phi) is 13.0. The van der Waals surface area contributed by atoms with Crippen LogP contribution in [0.5, 0.6) is 5.75 Å². The van der Waals surface area contributed by atoms with Crippen LogP contribution in [0.3, 0.4) is 0 Å². The summed E-state index contributed by atoms with van der Waals surface area (Å²) in [6, 6.07) is 9.93. The number of phenolic OH excluding ortho intramolecular Hbond substituents is 1. The van der Waals surface area contributed by atoms with Crippen molar-refractivity contribution < 1.29 is 34.5 Å². The van der Waals surface area contributed by atoms with Gasteiger partial charge in [0.2, 0.25) is 17.7 Å². The summed E-state index contributed by atoms with van der Waals surface area (Å²) < 4.78 is 0. The number of hydrogen-bond acceptors (Lipinski definition) is 8. The number of guanidine groups is 1.